The van der Waals surface area contributed by atoms with Crippen molar-refractivity contribution in [1.82, 2.24) is 9.97 Å². The predicted molar refractivity (Wildman–Crippen MR) is 120 cm³/mol. The lowest BCUT2D eigenvalue weighted by Crippen LogP contribution is -2.30. The van der Waals surface area contributed by atoms with E-state index in [9.17, 15) is 12.8 Å². The molecule has 1 N–H and O–H groups in total. The molecule has 0 amide bonds. The summed E-state index contributed by atoms with van der Waals surface area (Å²) in [6.07, 6.45) is 2.98. The van der Waals surface area contributed by atoms with E-state index in [4.69, 9.17) is 9.47 Å². The first-order valence-corrected chi connectivity index (χ1v) is 12.3. The van der Waals surface area contributed by atoms with Gasteiger partial charge in [0.25, 0.3) is 14.4 Å². The highest BCUT2D eigenvalue weighted by Crippen LogP contribution is 2.39. The second kappa shape index (κ2) is 8.51. The summed E-state index contributed by atoms with van der Waals surface area (Å²) in [5, 5.41) is 1.98. The Hall–Kier alpha value is -2.19. The molecule has 0 spiro atoms. The van der Waals surface area contributed by atoms with Crippen LogP contribution in [0.25, 0.3) is 0 Å². The van der Waals surface area contributed by atoms with Crippen LogP contribution in [0, 0.1) is 6.92 Å². The number of aromatic nitrogens is 2. The highest BCUT2D eigenvalue weighted by Gasteiger charge is 2.25. The number of anilines is 3. The molecule has 1 aliphatic heterocycles. The van der Waals surface area contributed by atoms with E-state index in [0.29, 0.717) is 41.3 Å². The molecule has 2 aromatic heterocycles. The minimum atomic E-state index is -3.79. The second-order valence-electron chi connectivity index (χ2n) is 6.26. The first-order valence-electron chi connectivity index (χ1n) is 8.71. The van der Waals surface area contributed by atoms with Gasteiger partial charge < -0.3 is 14.4 Å². The Kier molecular flexibility index (Phi) is 5.97. The number of fused-ring (bicyclic) bond motifs is 1. The zero-order valence-corrected chi connectivity index (χ0v) is 19.4. The number of nitrogens with one attached hydrogen (secondary N) is 1. The molecule has 1 aromatic carbocycles. The quantitative estimate of drug-likeness (QED) is 0.355. The monoisotopic (exact) mass is 562 g/mol. The summed E-state index contributed by atoms with van der Waals surface area (Å²) in [5.74, 6) is 1.43. The third-order valence-corrected chi connectivity index (χ3v) is 6.67. The normalized spacial score (nSPS) is 14.6. The van der Waals surface area contributed by atoms with E-state index in [-0.39, 0.29) is 4.90 Å². The number of aryl methyl sites for hydroxylation is 1. The molecule has 0 bridgehead atoms. The van der Waals surface area contributed by atoms with Crippen LogP contribution in [0.15, 0.2) is 46.9 Å². The van der Waals surface area contributed by atoms with Gasteiger partial charge in [-0.3, -0.25) is 4.72 Å². The van der Waals surface area contributed by atoms with Crippen LogP contribution in [0.3, 0.4) is 0 Å². The molecule has 30 heavy (non-hydrogen) atoms. The van der Waals surface area contributed by atoms with Gasteiger partial charge >= 0.3 is 0 Å². The van der Waals surface area contributed by atoms with Crippen LogP contribution in [-0.2, 0) is 10.0 Å². The molecule has 1 atom stereocenters. The summed E-state index contributed by atoms with van der Waals surface area (Å²) in [6, 6.07) is 6.37. The van der Waals surface area contributed by atoms with E-state index in [1.165, 1.54) is 58.5 Å². The van der Waals surface area contributed by atoms with Crippen molar-refractivity contribution in [2.75, 3.05) is 22.8 Å². The van der Waals surface area contributed by atoms with Crippen LogP contribution in [0.2, 0.25) is 0 Å². The van der Waals surface area contributed by atoms with Crippen LogP contribution in [0.5, 0.6) is 11.5 Å². The predicted octanol–water partition coefficient (Wildman–Crippen LogP) is 4.24. The molecule has 12 heteroatoms. The van der Waals surface area contributed by atoms with Gasteiger partial charge in [0.05, 0.1) is 23.3 Å². The van der Waals surface area contributed by atoms with Crippen molar-refractivity contribution >= 4 is 60.6 Å². The topological polar surface area (TPSA) is 93.7 Å². The Balaban J connectivity index is 1.64. The Morgan fingerprint density at radius 1 is 1.37 bits per heavy atom. The number of sulfonamides is 1. The number of hydrogen-bond donors (Lipinski definition) is 1. The first-order chi connectivity index (χ1) is 14.3. The van der Waals surface area contributed by atoms with E-state index < -0.39 is 14.4 Å². The van der Waals surface area contributed by atoms with E-state index in [1.54, 1.807) is 17.5 Å². The van der Waals surface area contributed by atoms with Gasteiger partial charge in [0, 0.05) is 40.2 Å². The van der Waals surface area contributed by atoms with Crippen molar-refractivity contribution in [1.29, 1.82) is 0 Å². The van der Waals surface area contributed by atoms with Crippen molar-refractivity contribution in [2.45, 2.75) is 16.2 Å². The first kappa shape index (κ1) is 21.1. The van der Waals surface area contributed by atoms with Crippen molar-refractivity contribution in [3.63, 3.8) is 0 Å². The van der Waals surface area contributed by atoms with E-state index in [1.807, 2.05) is 11.8 Å². The molecule has 3 heterocycles. The van der Waals surface area contributed by atoms with E-state index in [0.717, 1.165) is 5.56 Å². The lowest BCUT2D eigenvalue weighted by Gasteiger charge is -2.31. The number of halogens is 2. The summed E-state index contributed by atoms with van der Waals surface area (Å²) in [5.41, 5.74) is 1.48. The molecular formula is C18H16FIN4O4S2. The van der Waals surface area contributed by atoms with Crippen molar-refractivity contribution < 1.29 is 22.3 Å². The lowest BCUT2D eigenvalue weighted by atomic mass is 10.2. The van der Waals surface area contributed by atoms with Gasteiger partial charge in [-0.15, -0.1) is 11.3 Å². The number of rotatable bonds is 6. The number of hydrogen-bond acceptors (Lipinski definition) is 8. The molecular weight excluding hydrogens is 546 g/mol. The van der Waals surface area contributed by atoms with Crippen LogP contribution in [0.4, 0.5) is 21.0 Å². The Morgan fingerprint density at radius 2 is 2.20 bits per heavy atom. The number of thiazole rings is 1. The second-order valence-corrected chi connectivity index (χ2v) is 9.82. The zero-order chi connectivity index (χ0) is 21.3. The standard InChI is InChI=1S/C18H16FIN4O4S2/c1-11-8-12(28-17(19)20)10-22-16(11)24-5-6-27-15-9-13(2-3-14(15)24)30(25,26)23-18-21-4-7-29-18/h2-4,7-10,17H,5-6H2,1H3,(H,21,23). The van der Waals surface area contributed by atoms with Crippen LogP contribution < -0.4 is 19.1 Å². The van der Waals surface area contributed by atoms with Gasteiger partial charge in [0.2, 0.25) is 0 Å². The molecule has 8 nitrogen and oxygen atoms in total. The van der Waals surface area contributed by atoms with Crippen LogP contribution >= 0.6 is 33.9 Å². The molecule has 0 radical (unpaired) electrons. The Labute approximate surface area is 190 Å². The molecule has 1 unspecified atom stereocenters. The average molecular weight is 562 g/mol. The Morgan fingerprint density at radius 3 is 2.90 bits per heavy atom. The van der Waals surface area contributed by atoms with Gasteiger partial charge in [0.1, 0.15) is 23.9 Å². The largest absolute Gasteiger partial charge is 0.489 e. The number of benzene rings is 1. The average Bonchev–Trinajstić information content (AvgIpc) is 3.19. The highest BCUT2D eigenvalue weighted by atomic mass is 127. The fraction of sp³-hybridized carbons (Fsp3) is 0.222. The number of alkyl halides is 2. The van der Waals surface area contributed by atoms with Gasteiger partial charge in [0.15, 0.2) is 5.13 Å². The van der Waals surface area contributed by atoms with E-state index >= 15 is 0 Å². The summed E-state index contributed by atoms with van der Waals surface area (Å²) in [7, 11) is -3.79. The maximum absolute atomic E-state index is 13.1. The van der Waals surface area contributed by atoms with Gasteiger partial charge in [-0.05, 0) is 30.7 Å². The minimum absolute atomic E-state index is 0.0720. The molecule has 0 fully saturated rings. The summed E-state index contributed by atoms with van der Waals surface area (Å²) >= 11 is 2.72. The maximum atomic E-state index is 13.1. The SMILES string of the molecule is Cc1cc(OC(F)I)cnc1N1CCOc2cc(S(=O)(=O)Nc3nccs3)ccc21. The summed E-state index contributed by atoms with van der Waals surface area (Å²) in [6.45, 7) is 2.74. The third-order valence-electron chi connectivity index (χ3n) is 4.27. The van der Waals surface area contributed by atoms with Gasteiger partial charge in [-0.25, -0.2) is 18.4 Å². The van der Waals surface area contributed by atoms with Crippen molar-refractivity contribution in [2.24, 2.45) is 0 Å². The van der Waals surface area contributed by atoms with Gasteiger partial charge in [-0.1, -0.05) is 0 Å². The molecule has 4 rings (SSSR count). The number of nitrogens with zero attached hydrogens (tertiary/aromatic N) is 3. The molecule has 0 saturated carbocycles. The van der Waals surface area contributed by atoms with E-state index in [2.05, 4.69) is 14.7 Å². The Bertz CT molecular complexity index is 1160. The molecule has 0 aliphatic carbocycles. The molecule has 0 saturated heterocycles. The fourth-order valence-corrected chi connectivity index (χ4v) is 5.12. The van der Waals surface area contributed by atoms with Crippen molar-refractivity contribution in [3.8, 4) is 11.5 Å². The van der Waals surface area contributed by atoms with Crippen LogP contribution in [0.1, 0.15) is 5.56 Å². The third kappa shape index (κ3) is 4.44. The molecule has 158 valence electrons. The van der Waals surface area contributed by atoms with Gasteiger partial charge in [-0.2, -0.15) is 4.39 Å². The number of ether oxygens (including phenoxy) is 2. The fourth-order valence-electron chi connectivity index (χ4n) is 3.03. The zero-order valence-electron chi connectivity index (χ0n) is 15.6. The van der Waals surface area contributed by atoms with Crippen LogP contribution in [-0.4, -0.2) is 35.9 Å². The number of pyridine rings is 1. The molecule has 3 aromatic rings. The molecule has 1 aliphatic rings. The maximum Gasteiger partial charge on any atom is 0.288 e. The minimum Gasteiger partial charge on any atom is -0.489 e. The lowest BCUT2D eigenvalue weighted by molar-refractivity contribution is 0.170. The highest BCUT2D eigenvalue weighted by molar-refractivity contribution is 14.1. The summed E-state index contributed by atoms with van der Waals surface area (Å²) < 4.78 is 50.1. The van der Waals surface area contributed by atoms with Crippen molar-refractivity contribution in [3.05, 3.63) is 47.6 Å². The smallest absolute Gasteiger partial charge is 0.288 e. The summed E-state index contributed by atoms with van der Waals surface area (Å²) in [4.78, 5) is 10.4.